The van der Waals surface area contributed by atoms with Gasteiger partial charge in [0, 0.05) is 28.4 Å². The fourth-order valence-electron chi connectivity index (χ4n) is 10.8. The average Bonchev–Trinajstić information content (AvgIpc) is 3.59. The van der Waals surface area contributed by atoms with Crippen molar-refractivity contribution in [3.63, 3.8) is 0 Å². The lowest BCUT2D eigenvalue weighted by molar-refractivity contribution is -0.140. The summed E-state index contributed by atoms with van der Waals surface area (Å²) in [5, 5.41) is 5.95. The number of halogens is 1. The molecule has 51 heavy (non-hydrogen) atoms. The largest absolute Gasteiger partial charge is 0.274 e. The van der Waals surface area contributed by atoms with Crippen LogP contribution in [0, 0.1) is 23.7 Å². The smallest absolute Gasteiger partial charge is 0.254 e. The first-order valence-corrected chi connectivity index (χ1v) is 18.1. The Labute approximate surface area is 301 Å². The summed E-state index contributed by atoms with van der Waals surface area (Å²) < 4.78 is 0.839. The molecule has 8 aliphatic rings. The number of nitrogens with zero attached hydrogens (tertiary/aromatic N) is 3. The van der Waals surface area contributed by atoms with Gasteiger partial charge in [-0.25, -0.2) is 4.90 Å². The van der Waals surface area contributed by atoms with Crippen molar-refractivity contribution in [3.8, 4) is 0 Å². The Kier molecular flexibility index (Phi) is 5.78. The topological polar surface area (TPSA) is 87.1 Å². The number of benzene rings is 5. The van der Waals surface area contributed by atoms with Crippen LogP contribution in [0.2, 0.25) is 0 Å². The highest BCUT2D eigenvalue weighted by molar-refractivity contribution is 9.10. The molecule has 4 bridgehead atoms. The lowest BCUT2D eigenvalue weighted by atomic mass is 9.47. The number of hydrogen-bond acceptors (Lipinski definition) is 5. The first-order chi connectivity index (χ1) is 24.9. The maximum atomic E-state index is 14.8. The molecule has 5 aromatic carbocycles. The Morgan fingerprint density at radius 1 is 0.510 bits per heavy atom. The maximum Gasteiger partial charge on any atom is 0.254 e. The van der Waals surface area contributed by atoms with E-state index in [1.54, 1.807) is 18.3 Å². The Morgan fingerprint density at radius 3 is 1.43 bits per heavy atom. The van der Waals surface area contributed by atoms with Crippen LogP contribution in [-0.2, 0) is 24.6 Å². The number of anilines is 1. The lowest BCUT2D eigenvalue weighted by Crippen LogP contribution is -2.55. The molecule has 2 heterocycles. The lowest BCUT2D eigenvalue weighted by Gasteiger charge is -2.52. The SMILES string of the molecule is O=C1C2C3c4ccccc4C(c4ccccc43)C2C(=O)N1/N=C/C12c3ccccc3C(c3ccccc31)C1C(=O)N(c3ccc(Br)cc3)C(=O)C12. The minimum Gasteiger partial charge on any atom is -0.274 e. The molecule has 6 aliphatic carbocycles. The van der Waals surface area contributed by atoms with Gasteiger partial charge in [-0.1, -0.05) is 113 Å². The molecule has 2 fully saturated rings. The zero-order chi connectivity index (χ0) is 34.3. The third-order valence-electron chi connectivity index (χ3n) is 12.6. The Hall–Kier alpha value is -5.47. The number of imide groups is 2. The van der Waals surface area contributed by atoms with E-state index in [-0.39, 0.29) is 41.4 Å². The highest BCUT2D eigenvalue weighted by atomic mass is 79.9. The van der Waals surface area contributed by atoms with Crippen LogP contribution in [0.15, 0.2) is 131 Å². The fourth-order valence-corrected chi connectivity index (χ4v) is 11.1. The van der Waals surface area contributed by atoms with E-state index in [9.17, 15) is 19.2 Å². The molecule has 0 N–H and O–H groups in total. The molecule has 2 saturated heterocycles. The zero-order valence-corrected chi connectivity index (χ0v) is 28.6. The molecule has 0 radical (unpaired) electrons. The first kappa shape index (κ1) is 29.3. The molecule has 4 amide bonds. The van der Waals surface area contributed by atoms with Crippen LogP contribution < -0.4 is 4.90 Å². The Morgan fingerprint density at radius 2 is 0.941 bits per heavy atom. The average molecular weight is 731 g/mol. The summed E-state index contributed by atoms with van der Waals surface area (Å²) in [5.41, 5.74) is 7.31. The van der Waals surface area contributed by atoms with Crippen molar-refractivity contribution in [2.75, 3.05) is 4.90 Å². The second-order valence-electron chi connectivity index (χ2n) is 14.5. The highest BCUT2D eigenvalue weighted by Gasteiger charge is 2.68. The van der Waals surface area contributed by atoms with Crippen molar-refractivity contribution in [1.29, 1.82) is 0 Å². The highest BCUT2D eigenvalue weighted by Crippen LogP contribution is 2.65. The van der Waals surface area contributed by atoms with Gasteiger partial charge >= 0.3 is 0 Å². The molecule has 13 rings (SSSR count). The predicted molar refractivity (Wildman–Crippen MR) is 193 cm³/mol. The van der Waals surface area contributed by atoms with E-state index in [4.69, 9.17) is 5.10 Å². The van der Waals surface area contributed by atoms with Gasteiger partial charge in [-0.3, -0.25) is 19.2 Å². The molecular weight excluding hydrogens is 702 g/mol. The van der Waals surface area contributed by atoms with E-state index in [2.05, 4.69) is 40.2 Å². The van der Waals surface area contributed by atoms with Crippen molar-refractivity contribution in [2.24, 2.45) is 28.8 Å². The summed E-state index contributed by atoms with van der Waals surface area (Å²) >= 11 is 3.47. The molecule has 4 unspecified atom stereocenters. The minimum atomic E-state index is -1.21. The summed E-state index contributed by atoms with van der Waals surface area (Å²) in [6, 6.07) is 39.3. The van der Waals surface area contributed by atoms with Gasteiger partial charge in [0.2, 0.25) is 11.8 Å². The maximum absolute atomic E-state index is 14.8. The fraction of sp³-hybridized carbons (Fsp3) is 0.186. The Balaban J connectivity index is 1.09. The van der Waals surface area contributed by atoms with E-state index in [1.165, 1.54) is 4.90 Å². The van der Waals surface area contributed by atoms with Crippen molar-refractivity contribution in [3.05, 3.63) is 170 Å². The van der Waals surface area contributed by atoms with Crippen LogP contribution in [0.3, 0.4) is 0 Å². The molecule has 8 heteroatoms. The Bertz CT molecular complexity index is 2290. The quantitative estimate of drug-likeness (QED) is 0.150. The van der Waals surface area contributed by atoms with Crippen LogP contribution in [0.25, 0.3) is 0 Å². The molecule has 5 aromatic rings. The van der Waals surface area contributed by atoms with Gasteiger partial charge in [0.05, 0.1) is 34.8 Å². The summed E-state index contributed by atoms with van der Waals surface area (Å²) in [6.07, 6.45) is 1.66. The van der Waals surface area contributed by atoms with Gasteiger partial charge < -0.3 is 0 Å². The van der Waals surface area contributed by atoms with Gasteiger partial charge in [0.25, 0.3) is 11.8 Å². The summed E-state index contributed by atoms with van der Waals surface area (Å²) in [6.45, 7) is 0. The summed E-state index contributed by atoms with van der Waals surface area (Å²) in [4.78, 5) is 59.9. The van der Waals surface area contributed by atoms with Gasteiger partial charge in [-0.2, -0.15) is 10.1 Å². The third-order valence-corrected chi connectivity index (χ3v) is 13.1. The predicted octanol–water partition coefficient (Wildman–Crippen LogP) is 6.88. The second-order valence-corrected chi connectivity index (χ2v) is 15.4. The van der Waals surface area contributed by atoms with Gasteiger partial charge in [0.1, 0.15) is 0 Å². The number of rotatable bonds is 3. The normalized spacial score (nSPS) is 30.3. The van der Waals surface area contributed by atoms with Crippen LogP contribution >= 0.6 is 15.9 Å². The van der Waals surface area contributed by atoms with Crippen LogP contribution in [0.4, 0.5) is 5.69 Å². The van der Waals surface area contributed by atoms with E-state index in [1.807, 2.05) is 84.9 Å². The number of hydrazone groups is 1. The van der Waals surface area contributed by atoms with Crippen molar-refractivity contribution < 1.29 is 19.2 Å². The van der Waals surface area contributed by atoms with Crippen LogP contribution in [-0.4, -0.2) is 34.9 Å². The molecule has 4 atom stereocenters. The van der Waals surface area contributed by atoms with E-state index in [0.29, 0.717) is 5.69 Å². The summed E-state index contributed by atoms with van der Waals surface area (Å²) in [5.74, 6) is -4.77. The number of carbonyl (C=O) groups excluding carboxylic acids is 4. The third kappa shape index (κ3) is 3.46. The molecule has 0 spiro atoms. The van der Waals surface area contributed by atoms with Crippen LogP contribution in [0.5, 0.6) is 0 Å². The molecule has 2 aliphatic heterocycles. The van der Waals surface area contributed by atoms with E-state index in [0.717, 1.165) is 54.0 Å². The van der Waals surface area contributed by atoms with Gasteiger partial charge in [0.15, 0.2) is 0 Å². The van der Waals surface area contributed by atoms with E-state index >= 15 is 0 Å². The number of amides is 4. The van der Waals surface area contributed by atoms with Crippen molar-refractivity contribution in [1.82, 2.24) is 5.01 Å². The first-order valence-electron chi connectivity index (χ1n) is 17.3. The van der Waals surface area contributed by atoms with E-state index < -0.39 is 29.1 Å². The second kappa shape index (κ2) is 10.1. The monoisotopic (exact) mass is 729 g/mol. The molecule has 0 saturated carbocycles. The molecule has 7 nitrogen and oxygen atoms in total. The van der Waals surface area contributed by atoms with Gasteiger partial charge in [-0.15, -0.1) is 0 Å². The molecular formula is C43H28BrN3O4. The number of carbonyl (C=O) groups is 4. The van der Waals surface area contributed by atoms with Gasteiger partial charge in [-0.05, 0) is 68.8 Å². The standard InChI is InChI=1S/C43H28BrN3O4/c44-22-17-19-23(20-18-22)46-39(48)37-34-28-13-5-7-15-30(28)43(38(37)42(46)51,31-16-8-6-14-29(31)34)21-45-47-40(49)35-32-24-9-1-2-10-25(24)33(36(35)41(47)50)27-12-4-3-11-26(27)32/h1-21,32-38H/b45-21+. The van der Waals surface area contributed by atoms with Crippen LogP contribution in [0.1, 0.15) is 62.3 Å². The summed E-state index contributed by atoms with van der Waals surface area (Å²) in [7, 11) is 0. The zero-order valence-electron chi connectivity index (χ0n) is 27.0. The minimum absolute atomic E-state index is 0.258. The number of hydrogen-bond donors (Lipinski definition) is 0. The van der Waals surface area contributed by atoms with Crippen molar-refractivity contribution in [2.45, 2.75) is 23.2 Å². The van der Waals surface area contributed by atoms with Crippen molar-refractivity contribution >= 4 is 51.5 Å². The molecule has 246 valence electrons. The molecule has 0 aromatic heterocycles.